The molecule has 0 saturated carbocycles. The van der Waals surface area contributed by atoms with Crippen LogP contribution in [0.4, 0.5) is 4.39 Å². The largest absolute Gasteiger partial charge is 0.207 e. The molecule has 0 aliphatic heterocycles. The monoisotopic (exact) mass is 340 g/mol. The highest BCUT2D eigenvalue weighted by atomic mass is 79.9. The number of hydrogen-bond acceptors (Lipinski definition) is 2. The Bertz CT molecular complexity index is 670. The maximum Gasteiger partial charge on any atom is 0.126 e. The van der Waals surface area contributed by atoms with Crippen molar-refractivity contribution >= 4 is 48.0 Å². The molecule has 18 heavy (non-hydrogen) atoms. The van der Waals surface area contributed by atoms with Gasteiger partial charge in [-0.25, -0.2) is 4.39 Å². The van der Waals surface area contributed by atoms with Gasteiger partial charge in [0.05, 0.1) is 4.83 Å². The van der Waals surface area contributed by atoms with Crippen molar-refractivity contribution in [2.75, 3.05) is 0 Å². The first-order valence-electron chi connectivity index (χ1n) is 5.52. The third-order valence-electron chi connectivity index (χ3n) is 2.88. The van der Waals surface area contributed by atoms with Crippen LogP contribution in [-0.4, -0.2) is 0 Å². The zero-order valence-electron chi connectivity index (χ0n) is 9.61. The third-order valence-corrected chi connectivity index (χ3v) is 6.37. The first kappa shape index (κ1) is 12.3. The molecule has 2 heterocycles. The van der Waals surface area contributed by atoms with Gasteiger partial charge in [0.1, 0.15) is 5.82 Å². The molecule has 0 aliphatic carbocycles. The van der Waals surface area contributed by atoms with E-state index in [1.165, 1.54) is 20.3 Å². The van der Waals surface area contributed by atoms with Crippen molar-refractivity contribution in [3.63, 3.8) is 0 Å². The van der Waals surface area contributed by atoms with E-state index in [0.717, 1.165) is 5.56 Å². The van der Waals surface area contributed by atoms with Crippen LogP contribution in [-0.2, 0) is 0 Å². The molecule has 0 radical (unpaired) electrons. The van der Waals surface area contributed by atoms with Crippen molar-refractivity contribution in [2.24, 2.45) is 0 Å². The number of thiophene rings is 2. The summed E-state index contributed by atoms with van der Waals surface area (Å²) in [5, 5.41) is 2.11. The zero-order chi connectivity index (χ0) is 12.7. The lowest BCUT2D eigenvalue weighted by Crippen LogP contribution is -1.92. The number of benzene rings is 1. The quantitative estimate of drug-likeness (QED) is 0.510. The van der Waals surface area contributed by atoms with Crippen LogP contribution >= 0.6 is 38.6 Å². The Labute approximate surface area is 121 Å². The minimum Gasteiger partial charge on any atom is -0.207 e. The summed E-state index contributed by atoms with van der Waals surface area (Å²) >= 11 is 7.25. The second-order valence-corrected chi connectivity index (χ2v) is 7.15. The van der Waals surface area contributed by atoms with Crippen LogP contribution in [0.5, 0.6) is 0 Å². The van der Waals surface area contributed by atoms with Gasteiger partial charge in [-0.05, 0) is 41.6 Å². The highest BCUT2D eigenvalue weighted by Gasteiger charge is 2.15. The third kappa shape index (κ3) is 2.13. The molecule has 3 rings (SSSR count). The number of halogens is 2. The number of rotatable bonds is 2. The molecule has 0 bridgehead atoms. The van der Waals surface area contributed by atoms with Crippen molar-refractivity contribution in [3.8, 4) is 0 Å². The number of hydrogen-bond donors (Lipinski definition) is 0. The van der Waals surface area contributed by atoms with Crippen LogP contribution in [0.2, 0.25) is 0 Å². The molecule has 92 valence electrons. The molecule has 1 aromatic carbocycles. The van der Waals surface area contributed by atoms with E-state index in [0.29, 0.717) is 5.56 Å². The lowest BCUT2D eigenvalue weighted by atomic mass is 10.1. The Kier molecular flexibility index (Phi) is 3.26. The second kappa shape index (κ2) is 4.76. The van der Waals surface area contributed by atoms with Gasteiger partial charge in [-0.15, -0.1) is 22.7 Å². The van der Waals surface area contributed by atoms with Crippen LogP contribution in [0.15, 0.2) is 35.7 Å². The Hall–Kier alpha value is -0.710. The molecular formula is C14H10BrFS2. The van der Waals surface area contributed by atoms with Gasteiger partial charge in [0.2, 0.25) is 0 Å². The van der Waals surface area contributed by atoms with E-state index in [-0.39, 0.29) is 10.6 Å². The summed E-state index contributed by atoms with van der Waals surface area (Å²) in [4.78, 5) is 1.41. The molecule has 3 aromatic rings. The smallest absolute Gasteiger partial charge is 0.126 e. The second-order valence-electron chi connectivity index (χ2n) is 4.17. The van der Waals surface area contributed by atoms with Gasteiger partial charge in [-0.2, -0.15) is 0 Å². The zero-order valence-corrected chi connectivity index (χ0v) is 12.8. The lowest BCUT2D eigenvalue weighted by Gasteiger charge is -2.09. The normalized spacial score (nSPS) is 13.1. The van der Waals surface area contributed by atoms with E-state index in [4.69, 9.17) is 0 Å². The van der Waals surface area contributed by atoms with E-state index in [1.807, 2.05) is 12.1 Å². The van der Waals surface area contributed by atoms with Gasteiger partial charge in [-0.3, -0.25) is 0 Å². The predicted octanol–water partition coefficient (Wildman–Crippen LogP) is 5.89. The average Bonchev–Trinajstić information content (AvgIpc) is 2.92. The van der Waals surface area contributed by atoms with Crippen LogP contribution in [0.1, 0.15) is 20.8 Å². The van der Waals surface area contributed by atoms with Crippen LogP contribution in [0, 0.1) is 12.7 Å². The highest BCUT2D eigenvalue weighted by Crippen LogP contribution is 2.40. The van der Waals surface area contributed by atoms with Crippen molar-refractivity contribution in [1.82, 2.24) is 0 Å². The number of fused-ring (bicyclic) bond motifs is 1. The Morgan fingerprint density at radius 3 is 2.72 bits per heavy atom. The molecule has 0 amide bonds. The van der Waals surface area contributed by atoms with Gasteiger partial charge in [-0.1, -0.05) is 28.1 Å². The summed E-state index contributed by atoms with van der Waals surface area (Å²) in [5.41, 5.74) is 1.79. The molecule has 0 spiro atoms. The van der Waals surface area contributed by atoms with Crippen LogP contribution in [0.25, 0.3) is 9.40 Å². The number of alkyl halides is 1. The molecule has 0 saturated heterocycles. The van der Waals surface area contributed by atoms with Crippen molar-refractivity contribution in [2.45, 2.75) is 11.8 Å². The Morgan fingerprint density at radius 2 is 2.00 bits per heavy atom. The summed E-state index contributed by atoms with van der Waals surface area (Å²) in [6.07, 6.45) is 0. The van der Waals surface area contributed by atoms with Gasteiger partial charge >= 0.3 is 0 Å². The topological polar surface area (TPSA) is 0 Å². The van der Waals surface area contributed by atoms with Crippen molar-refractivity contribution in [1.29, 1.82) is 0 Å². The maximum atomic E-state index is 13.3. The SMILES string of the molecule is Cc1cc(C(Br)c2cc3sccc3s2)ccc1F. The van der Waals surface area contributed by atoms with Gasteiger partial charge < -0.3 is 0 Å². The fourth-order valence-electron chi connectivity index (χ4n) is 1.90. The summed E-state index contributed by atoms with van der Waals surface area (Å²) < 4.78 is 15.9. The van der Waals surface area contributed by atoms with Gasteiger partial charge in [0.15, 0.2) is 0 Å². The summed E-state index contributed by atoms with van der Waals surface area (Å²) in [7, 11) is 0. The maximum absolute atomic E-state index is 13.3. The summed E-state index contributed by atoms with van der Waals surface area (Å²) in [6.45, 7) is 1.80. The molecule has 1 unspecified atom stereocenters. The Balaban J connectivity index is 2.00. The minimum absolute atomic E-state index is 0.140. The molecule has 0 fully saturated rings. The first-order valence-corrected chi connectivity index (χ1v) is 8.13. The van der Waals surface area contributed by atoms with E-state index in [1.54, 1.807) is 29.6 Å². The van der Waals surface area contributed by atoms with Crippen LogP contribution < -0.4 is 0 Å². The first-order chi connectivity index (χ1) is 8.65. The van der Waals surface area contributed by atoms with E-state index < -0.39 is 0 Å². The average molecular weight is 341 g/mol. The van der Waals surface area contributed by atoms with E-state index in [2.05, 4.69) is 33.4 Å². The van der Waals surface area contributed by atoms with Crippen molar-refractivity contribution in [3.05, 3.63) is 57.5 Å². The van der Waals surface area contributed by atoms with E-state index >= 15 is 0 Å². The summed E-state index contributed by atoms with van der Waals surface area (Å²) in [6, 6.07) is 9.64. The summed E-state index contributed by atoms with van der Waals surface area (Å²) in [5.74, 6) is -0.148. The molecular weight excluding hydrogens is 331 g/mol. The molecule has 0 nitrogen and oxygen atoms in total. The minimum atomic E-state index is -0.148. The molecule has 1 atom stereocenters. The van der Waals surface area contributed by atoms with Crippen LogP contribution in [0.3, 0.4) is 0 Å². The Morgan fingerprint density at radius 1 is 1.17 bits per heavy atom. The fraction of sp³-hybridized carbons (Fsp3) is 0.143. The molecule has 0 N–H and O–H groups in total. The molecule has 2 aromatic heterocycles. The van der Waals surface area contributed by atoms with Gasteiger partial charge in [0.25, 0.3) is 0 Å². The lowest BCUT2D eigenvalue weighted by molar-refractivity contribution is 0.618. The van der Waals surface area contributed by atoms with E-state index in [9.17, 15) is 4.39 Å². The molecule has 0 aliphatic rings. The highest BCUT2D eigenvalue weighted by molar-refractivity contribution is 9.09. The number of aryl methyl sites for hydroxylation is 1. The van der Waals surface area contributed by atoms with Gasteiger partial charge in [0, 0.05) is 14.3 Å². The predicted molar refractivity (Wildman–Crippen MR) is 81.6 cm³/mol. The fourth-order valence-corrected chi connectivity index (χ4v) is 4.72. The standard InChI is InChI=1S/C14H10BrFS2/c1-8-6-9(2-3-10(8)16)14(15)13-7-12-11(18-13)4-5-17-12/h2-7,14H,1H3. The molecule has 4 heteroatoms. The van der Waals surface area contributed by atoms with Crippen molar-refractivity contribution < 1.29 is 4.39 Å².